The van der Waals surface area contributed by atoms with Gasteiger partial charge in [0.25, 0.3) is 5.91 Å². The fraction of sp³-hybridized carbons (Fsp3) is 0.533. The van der Waals surface area contributed by atoms with Crippen molar-refractivity contribution >= 4 is 11.6 Å². The minimum atomic E-state index is -0.440. The molecule has 3 rings (SSSR count). The lowest BCUT2D eigenvalue weighted by Gasteiger charge is -2.27. The van der Waals surface area contributed by atoms with Crippen LogP contribution in [0.5, 0.6) is 5.75 Å². The van der Waals surface area contributed by atoms with Crippen molar-refractivity contribution in [1.29, 1.82) is 0 Å². The first-order chi connectivity index (χ1) is 9.24. The first-order valence-electron chi connectivity index (χ1n) is 6.99. The molecular weight excluding hydrogens is 242 g/mol. The molecule has 0 radical (unpaired) electrons. The SMILES string of the molecule is O=C1COc2ccc(C(O)C3CCCCC3)cc2N1. The smallest absolute Gasteiger partial charge is 0.262 e. The Balaban J connectivity index is 1.80. The predicted molar refractivity (Wildman–Crippen MR) is 72.1 cm³/mol. The van der Waals surface area contributed by atoms with Gasteiger partial charge in [-0.15, -0.1) is 0 Å². The summed E-state index contributed by atoms with van der Waals surface area (Å²) in [5, 5.41) is 13.2. The number of ether oxygens (including phenoxy) is 1. The number of carbonyl (C=O) groups excluding carboxylic acids is 1. The molecule has 4 nitrogen and oxygen atoms in total. The first kappa shape index (κ1) is 12.5. The summed E-state index contributed by atoms with van der Waals surface area (Å²) in [5.74, 6) is 0.878. The van der Waals surface area contributed by atoms with Gasteiger partial charge in [-0.25, -0.2) is 0 Å². The van der Waals surface area contributed by atoms with Crippen molar-refractivity contribution in [2.24, 2.45) is 5.92 Å². The van der Waals surface area contributed by atoms with Crippen LogP contribution in [0.4, 0.5) is 5.69 Å². The zero-order valence-corrected chi connectivity index (χ0v) is 10.9. The van der Waals surface area contributed by atoms with Crippen LogP contribution >= 0.6 is 0 Å². The van der Waals surface area contributed by atoms with Crippen LogP contribution in [0, 0.1) is 5.92 Å². The van der Waals surface area contributed by atoms with E-state index in [2.05, 4.69) is 5.32 Å². The molecular formula is C15H19NO3. The van der Waals surface area contributed by atoms with Gasteiger partial charge in [0.05, 0.1) is 11.8 Å². The van der Waals surface area contributed by atoms with E-state index in [0.717, 1.165) is 18.4 Å². The van der Waals surface area contributed by atoms with E-state index in [9.17, 15) is 9.90 Å². The van der Waals surface area contributed by atoms with Crippen molar-refractivity contribution < 1.29 is 14.6 Å². The molecule has 19 heavy (non-hydrogen) atoms. The fourth-order valence-corrected chi connectivity index (χ4v) is 3.01. The molecule has 4 heteroatoms. The van der Waals surface area contributed by atoms with Crippen LogP contribution in [0.15, 0.2) is 18.2 Å². The molecule has 0 saturated heterocycles. The average molecular weight is 261 g/mol. The van der Waals surface area contributed by atoms with E-state index in [0.29, 0.717) is 17.4 Å². The van der Waals surface area contributed by atoms with Crippen molar-refractivity contribution in [3.8, 4) is 5.75 Å². The van der Waals surface area contributed by atoms with Crippen LogP contribution in [0.1, 0.15) is 43.8 Å². The highest BCUT2D eigenvalue weighted by molar-refractivity contribution is 5.95. The number of amides is 1. The quantitative estimate of drug-likeness (QED) is 0.860. The molecule has 1 unspecified atom stereocenters. The van der Waals surface area contributed by atoms with Crippen molar-refractivity contribution in [1.82, 2.24) is 0 Å². The van der Waals surface area contributed by atoms with Crippen molar-refractivity contribution in [2.45, 2.75) is 38.2 Å². The molecule has 2 N–H and O–H groups in total. The normalized spacial score (nSPS) is 21.2. The molecule has 0 bridgehead atoms. The summed E-state index contributed by atoms with van der Waals surface area (Å²) in [6.45, 7) is 0.0670. The van der Waals surface area contributed by atoms with Gasteiger partial charge in [0, 0.05) is 0 Å². The minimum absolute atomic E-state index is 0.0670. The molecule has 2 aliphatic rings. The molecule has 1 fully saturated rings. The van der Waals surface area contributed by atoms with Crippen molar-refractivity contribution in [3.63, 3.8) is 0 Å². The van der Waals surface area contributed by atoms with Gasteiger partial charge in [0.15, 0.2) is 6.61 Å². The van der Waals surface area contributed by atoms with E-state index in [1.807, 2.05) is 18.2 Å². The number of rotatable bonds is 2. The van der Waals surface area contributed by atoms with Gasteiger partial charge in [-0.05, 0) is 36.5 Å². The van der Waals surface area contributed by atoms with Crippen LogP contribution in [0.25, 0.3) is 0 Å². The van der Waals surface area contributed by atoms with Gasteiger partial charge < -0.3 is 15.2 Å². The Kier molecular flexibility index (Phi) is 3.42. The minimum Gasteiger partial charge on any atom is -0.482 e. The Morgan fingerprint density at radius 3 is 2.84 bits per heavy atom. The molecule has 1 amide bonds. The van der Waals surface area contributed by atoms with E-state index in [1.54, 1.807) is 0 Å². The second-order valence-corrected chi connectivity index (χ2v) is 5.44. The Labute approximate surface area is 112 Å². The maximum absolute atomic E-state index is 11.3. The van der Waals surface area contributed by atoms with Crippen molar-refractivity contribution in [3.05, 3.63) is 23.8 Å². The van der Waals surface area contributed by atoms with Crippen LogP contribution in [0.3, 0.4) is 0 Å². The zero-order valence-electron chi connectivity index (χ0n) is 10.9. The second kappa shape index (κ2) is 5.21. The maximum Gasteiger partial charge on any atom is 0.262 e. The van der Waals surface area contributed by atoms with Crippen LogP contribution in [-0.4, -0.2) is 17.6 Å². The molecule has 1 aromatic carbocycles. The lowest BCUT2D eigenvalue weighted by Crippen LogP contribution is -2.25. The van der Waals surface area contributed by atoms with Gasteiger partial charge in [-0.3, -0.25) is 4.79 Å². The third kappa shape index (κ3) is 2.59. The predicted octanol–water partition coefficient (Wildman–Crippen LogP) is 2.63. The molecule has 1 aliphatic heterocycles. The van der Waals surface area contributed by atoms with Gasteiger partial charge in [-0.1, -0.05) is 25.3 Å². The highest BCUT2D eigenvalue weighted by Crippen LogP contribution is 2.37. The average Bonchev–Trinajstić information content (AvgIpc) is 2.46. The molecule has 0 aromatic heterocycles. The number of hydrogen-bond donors (Lipinski definition) is 2. The number of aliphatic hydroxyl groups excluding tert-OH is 1. The van der Waals surface area contributed by atoms with Crippen LogP contribution in [0.2, 0.25) is 0 Å². The van der Waals surface area contributed by atoms with E-state index in [4.69, 9.17) is 4.74 Å². The highest BCUT2D eigenvalue weighted by Gasteiger charge is 2.25. The van der Waals surface area contributed by atoms with E-state index in [1.165, 1.54) is 19.3 Å². The third-order valence-corrected chi connectivity index (χ3v) is 4.07. The summed E-state index contributed by atoms with van der Waals surface area (Å²) in [4.78, 5) is 11.3. The molecule has 1 aliphatic carbocycles. The summed E-state index contributed by atoms with van der Waals surface area (Å²) >= 11 is 0. The van der Waals surface area contributed by atoms with Gasteiger partial charge in [-0.2, -0.15) is 0 Å². The number of carbonyl (C=O) groups is 1. The highest BCUT2D eigenvalue weighted by atomic mass is 16.5. The van der Waals surface area contributed by atoms with Gasteiger partial charge >= 0.3 is 0 Å². The summed E-state index contributed by atoms with van der Waals surface area (Å²) in [6, 6.07) is 5.57. The Hall–Kier alpha value is -1.55. The summed E-state index contributed by atoms with van der Waals surface area (Å²) < 4.78 is 5.32. The number of fused-ring (bicyclic) bond motifs is 1. The molecule has 0 spiro atoms. The van der Waals surface area contributed by atoms with Crippen LogP contribution in [-0.2, 0) is 4.79 Å². The molecule has 1 saturated carbocycles. The number of benzene rings is 1. The zero-order chi connectivity index (χ0) is 13.2. The van der Waals surface area contributed by atoms with E-state index in [-0.39, 0.29) is 12.5 Å². The number of anilines is 1. The molecule has 1 atom stereocenters. The Bertz CT molecular complexity index is 480. The van der Waals surface area contributed by atoms with Gasteiger partial charge in [0.1, 0.15) is 5.75 Å². The largest absolute Gasteiger partial charge is 0.482 e. The standard InChI is InChI=1S/C15H19NO3/c17-14-9-19-13-7-6-11(8-12(13)16-14)15(18)10-4-2-1-3-5-10/h6-8,10,15,18H,1-5,9H2,(H,16,17). The fourth-order valence-electron chi connectivity index (χ4n) is 3.01. The first-order valence-corrected chi connectivity index (χ1v) is 6.99. The lowest BCUT2D eigenvalue weighted by atomic mass is 9.82. The maximum atomic E-state index is 11.3. The monoisotopic (exact) mass is 261 g/mol. The lowest BCUT2D eigenvalue weighted by molar-refractivity contribution is -0.118. The third-order valence-electron chi connectivity index (χ3n) is 4.07. The topological polar surface area (TPSA) is 58.6 Å². The number of nitrogens with one attached hydrogen (secondary N) is 1. The Morgan fingerprint density at radius 2 is 2.05 bits per heavy atom. The number of aliphatic hydroxyl groups is 1. The molecule has 1 aromatic rings. The summed E-state index contributed by atoms with van der Waals surface area (Å²) in [7, 11) is 0. The number of hydrogen-bond acceptors (Lipinski definition) is 3. The van der Waals surface area contributed by atoms with Crippen molar-refractivity contribution in [2.75, 3.05) is 11.9 Å². The van der Waals surface area contributed by atoms with Gasteiger partial charge in [0.2, 0.25) is 0 Å². The second-order valence-electron chi connectivity index (χ2n) is 5.44. The summed E-state index contributed by atoms with van der Waals surface area (Å²) in [5.41, 5.74) is 1.54. The molecule has 102 valence electrons. The van der Waals surface area contributed by atoms with Crippen LogP contribution < -0.4 is 10.1 Å². The van der Waals surface area contributed by atoms with E-state index >= 15 is 0 Å². The molecule has 1 heterocycles. The van der Waals surface area contributed by atoms with E-state index < -0.39 is 6.10 Å². The summed E-state index contributed by atoms with van der Waals surface area (Å²) in [6.07, 6.45) is 5.41. The Morgan fingerprint density at radius 1 is 1.26 bits per heavy atom.